The molecule has 0 fully saturated rings. The summed E-state index contributed by atoms with van der Waals surface area (Å²) in [5.74, 6) is 0.939. The summed E-state index contributed by atoms with van der Waals surface area (Å²) < 4.78 is 0. The Morgan fingerprint density at radius 3 is 2.57 bits per heavy atom. The monoisotopic (exact) mass is 309 g/mol. The lowest BCUT2D eigenvalue weighted by molar-refractivity contribution is 0.418. The third-order valence-corrected chi connectivity index (χ3v) is 5.35. The zero-order valence-electron chi connectivity index (χ0n) is 14.5. The fraction of sp³-hybridized carbons (Fsp3) is 0.450. The van der Waals surface area contributed by atoms with Crippen LogP contribution in [0.1, 0.15) is 44.7 Å². The molecule has 23 heavy (non-hydrogen) atoms. The van der Waals surface area contributed by atoms with Crippen LogP contribution in [0, 0.1) is 0 Å². The molecule has 1 aromatic heterocycles. The molecule has 1 aliphatic rings. The third kappa shape index (κ3) is 2.80. The fourth-order valence-electron chi connectivity index (χ4n) is 3.90. The van der Waals surface area contributed by atoms with Gasteiger partial charge in [-0.15, -0.1) is 0 Å². The predicted octanol–water partition coefficient (Wildman–Crippen LogP) is 4.59. The van der Waals surface area contributed by atoms with Crippen LogP contribution in [0.2, 0.25) is 0 Å². The Morgan fingerprint density at radius 2 is 1.91 bits per heavy atom. The van der Waals surface area contributed by atoms with Gasteiger partial charge in [-0.3, -0.25) is 0 Å². The van der Waals surface area contributed by atoms with E-state index in [9.17, 15) is 0 Å². The average molecular weight is 309 g/mol. The largest absolute Gasteiger partial charge is 0.371 e. The summed E-state index contributed by atoms with van der Waals surface area (Å²) in [6.45, 7) is 9.96. The van der Waals surface area contributed by atoms with Gasteiger partial charge in [0.25, 0.3) is 0 Å². The maximum atomic E-state index is 4.37. The Morgan fingerprint density at radius 1 is 1.09 bits per heavy atom. The van der Waals surface area contributed by atoms with E-state index in [1.54, 1.807) is 5.56 Å². The van der Waals surface area contributed by atoms with Gasteiger partial charge in [-0.2, -0.15) is 0 Å². The highest BCUT2D eigenvalue weighted by Gasteiger charge is 2.40. The van der Waals surface area contributed by atoms with Crippen molar-refractivity contribution in [1.29, 1.82) is 0 Å². The number of hydrogen-bond acceptors (Lipinski definition) is 3. The highest BCUT2D eigenvalue weighted by molar-refractivity contribution is 5.66. The minimum Gasteiger partial charge on any atom is -0.371 e. The predicted molar refractivity (Wildman–Crippen MR) is 98.2 cm³/mol. The van der Waals surface area contributed by atoms with Gasteiger partial charge in [-0.1, -0.05) is 32.0 Å². The van der Waals surface area contributed by atoms with Gasteiger partial charge in [-0.05, 0) is 49.1 Å². The first-order valence-electron chi connectivity index (χ1n) is 8.76. The van der Waals surface area contributed by atoms with Crippen molar-refractivity contribution >= 4 is 11.5 Å². The minimum atomic E-state index is 0.285. The van der Waals surface area contributed by atoms with Gasteiger partial charge < -0.3 is 10.2 Å². The Kier molecular flexibility index (Phi) is 4.56. The summed E-state index contributed by atoms with van der Waals surface area (Å²) in [7, 11) is 0. The van der Waals surface area contributed by atoms with Gasteiger partial charge in [0.15, 0.2) is 0 Å². The van der Waals surface area contributed by atoms with Gasteiger partial charge >= 0.3 is 0 Å². The fourth-order valence-corrected chi connectivity index (χ4v) is 3.90. The van der Waals surface area contributed by atoms with E-state index >= 15 is 0 Å². The average Bonchev–Trinajstić information content (AvgIpc) is 2.96. The number of nitrogens with one attached hydrogen (secondary N) is 1. The number of nitrogens with zero attached hydrogens (tertiary/aromatic N) is 2. The zero-order valence-corrected chi connectivity index (χ0v) is 14.5. The summed E-state index contributed by atoms with van der Waals surface area (Å²) in [5.41, 5.74) is 4.67. The van der Waals surface area contributed by atoms with E-state index < -0.39 is 0 Å². The molecular weight excluding hydrogens is 282 g/mol. The van der Waals surface area contributed by atoms with E-state index in [1.165, 1.54) is 24.1 Å². The molecule has 2 aromatic rings. The second kappa shape index (κ2) is 6.61. The summed E-state index contributed by atoms with van der Waals surface area (Å²) in [4.78, 5) is 6.91. The van der Waals surface area contributed by atoms with E-state index in [4.69, 9.17) is 0 Å². The highest BCUT2D eigenvalue weighted by atomic mass is 15.2. The van der Waals surface area contributed by atoms with E-state index in [-0.39, 0.29) is 5.41 Å². The second-order valence-corrected chi connectivity index (χ2v) is 6.38. The first kappa shape index (κ1) is 15.9. The molecule has 1 aromatic carbocycles. The molecule has 1 N–H and O–H groups in total. The van der Waals surface area contributed by atoms with Crippen molar-refractivity contribution in [3.63, 3.8) is 0 Å². The molecule has 0 atom stereocenters. The second-order valence-electron chi connectivity index (χ2n) is 6.38. The lowest BCUT2D eigenvalue weighted by Crippen LogP contribution is -2.32. The van der Waals surface area contributed by atoms with Gasteiger partial charge in [-0.25, -0.2) is 4.98 Å². The van der Waals surface area contributed by atoms with Gasteiger partial charge in [0, 0.05) is 36.9 Å². The molecule has 0 saturated carbocycles. The highest BCUT2D eigenvalue weighted by Crippen LogP contribution is 2.46. The van der Waals surface area contributed by atoms with Crippen LogP contribution in [0.15, 0.2) is 42.6 Å². The molecule has 122 valence electrons. The van der Waals surface area contributed by atoms with Crippen LogP contribution in [0.5, 0.6) is 0 Å². The van der Waals surface area contributed by atoms with Crippen molar-refractivity contribution in [1.82, 2.24) is 4.98 Å². The van der Waals surface area contributed by atoms with Crippen LogP contribution in [0.3, 0.4) is 0 Å². The Bertz CT molecular complexity index is 647. The number of aromatic nitrogens is 1. The quantitative estimate of drug-likeness (QED) is 0.846. The van der Waals surface area contributed by atoms with Gasteiger partial charge in [0.1, 0.15) is 5.82 Å². The lowest BCUT2D eigenvalue weighted by Gasteiger charge is -2.29. The van der Waals surface area contributed by atoms with Crippen molar-refractivity contribution in [3.05, 3.63) is 53.7 Å². The number of fused-ring (bicyclic) bond motifs is 1. The van der Waals surface area contributed by atoms with E-state index in [2.05, 4.69) is 54.2 Å². The molecule has 2 heterocycles. The van der Waals surface area contributed by atoms with E-state index in [1.807, 2.05) is 24.4 Å². The van der Waals surface area contributed by atoms with Crippen LogP contribution in [0.4, 0.5) is 11.5 Å². The number of rotatable bonds is 6. The molecule has 1 aliphatic heterocycles. The summed E-state index contributed by atoms with van der Waals surface area (Å²) in [6.07, 6.45) is 4.21. The molecular formula is C20H27N3. The summed E-state index contributed by atoms with van der Waals surface area (Å²) >= 11 is 0. The number of anilines is 2. The number of pyridine rings is 1. The molecule has 3 nitrogen and oxygen atoms in total. The first-order valence-corrected chi connectivity index (χ1v) is 8.76. The summed E-state index contributed by atoms with van der Waals surface area (Å²) in [6, 6.07) is 12.7. The molecule has 0 aliphatic carbocycles. The smallest absolute Gasteiger partial charge is 0.126 e. The molecule has 0 unspecified atom stereocenters. The maximum Gasteiger partial charge on any atom is 0.126 e. The van der Waals surface area contributed by atoms with Crippen LogP contribution in [-0.2, 0) is 12.0 Å². The lowest BCUT2D eigenvalue weighted by atomic mass is 9.75. The topological polar surface area (TPSA) is 28.2 Å². The van der Waals surface area contributed by atoms with Crippen LogP contribution >= 0.6 is 0 Å². The Labute approximate surface area is 139 Å². The standard InChI is InChI=1S/C20H27N3/c1-4-20(5-2)15-23(6-3)17-11-9-10-16(19(17)20)14-22-18-12-7-8-13-21-18/h7-13H,4-6,14-15H2,1-3H3,(H,21,22). The van der Waals surface area contributed by atoms with Crippen molar-refractivity contribution in [2.24, 2.45) is 0 Å². The normalized spacial score (nSPS) is 15.5. The van der Waals surface area contributed by atoms with Crippen molar-refractivity contribution in [2.45, 2.75) is 45.6 Å². The number of likely N-dealkylation sites (N-methyl/N-ethyl adjacent to an activating group) is 1. The van der Waals surface area contributed by atoms with Crippen molar-refractivity contribution in [3.8, 4) is 0 Å². The van der Waals surface area contributed by atoms with Gasteiger partial charge in [0.05, 0.1) is 0 Å². The van der Waals surface area contributed by atoms with Crippen molar-refractivity contribution < 1.29 is 0 Å². The summed E-state index contributed by atoms with van der Waals surface area (Å²) in [5, 5.41) is 3.48. The molecule has 3 heteroatoms. The molecule has 0 radical (unpaired) electrons. The van der Waals surface area contributed by atoms with E-state index in [0.29, 0.717) is 0 Å². The zero-order chi connectivity index (χ0) is 16.3. The molecule has 0 spiro atoms. The van der Waals surface area contributed by atoms with Gasteiger partial charge in [0.2, 0.25) is 0 Å². The number of hydrogen-bond donors (Lipinski definition) is 1. The van der Waals surface area contributed by atoms with Crippen LogP contribution in [-0.4, -0.2) is 18.1 Å². The van der Waals surface area contributed by atoms with Crippen LogP contribution in [0.25, 0.3) is 0 Å². The molecule has 0 saturated heterocycles. The molecule has 0 amide bonds. The Balaban J connectivity index is 1.95. The van der Waals surface area contributed by atoms with E-state index in [0.717, 1.165) is 25.5 Å². The third-order valence-electron chi connectivity index (χ3n) is 5.35. The number of benzene rings is 1. The Hall–Kier alpha value is -2.03. The maximum absolute atomic E-state index is 4.37. The molecule has 3 rings (SSSR count). The molecule has 0 bridgehead atoms. The first-order chi connectivity index (χ1) is 11.2. The minimum absolute atomic E-state index is 0.285. The SMILES string of the molecule is CCN1CC(CC)(CC)c2c(CNc3ccccn3)cccc21. The van der Waals surface area contributed by atoms with Crippen LogP contribution < -0.4 is 10.2 Å². The van der Waals surface area contributed by atoms with Crippen molar-refractivity contribution in [2.75, 3.05) is 23.3 Å².